The van der Waals surface area contributed by atoms with E-state index in [9.17, 15) is 29.4 Å². The molecule has 2 atom stereocenters. The van der Waals surface area contributed by atoms with E-state index in [2.05, 4.69) is 47.9 Å². The first-order valence-corrected chi connectivity index (χ1v) is 14.5. The van der Waals surface area contributed by atoms with Gasteiger partial charge in [-0.05, 0) is 16.0 Å². The number of carboxylic acids is 2. The molecule has 2 aromatic heterocycles. The van der Waals surface area contributed by atoms with Crippen molar-refractivity contribution < 1.29 is 39.1 Å². The van der Waals surface area contributed by atoms with Crippen LogP contribution in [0.25, 0.3) is 6.20 Å². The molecular weight excluding hydrogens is 616 g/mol. The summed E-state index contributed by atoms with van der Waals surface area (Å²) in [6.45, 7) is 3.53. The standard InChI is InChI=1S/C21H22N10O8S3/c1-3-4-39-27-12(11-8-41-20(22)23-11)15(32)24-13-16(33)31-14(19(36)37)9(6-40-17(13)31)7-42-21-25-28-29-30(21)5-10(18(34)35)26-38-2/h3,5,8,13,17,26H,1,4,6-7H2,2H3,(H2,22,23)(H,24,32)(H,34,35)(H,36,37)/t13?,17-/m0/s1. The predicted molar refractivity (Wildman–Crippen MR) is 149 cm³/mol. The van der Waals surface area contributed by atoms with E-state index in [0.29, 0.717) is 5.57 Å². The number of hydrogen-bond acceptors (Lipinski definition) is 16. The van der Waals surface area contributed by atoms with Gasteiger partial charge in [0.05, 0.1) is 13.3 Å². The average molecular weight is 639 g/mol. The van der Waals surface area contributed by atoms with Crippen LogP contribution < -0.4 is 16.5 Å². The fraction of sp³-hybridized carbons (Fsp3) is 0.286. The first-order valence-electron chi connectivity index (χ1n) is 11.5. The zero-order valence-electron chi connectivity index (χ0n) is 21.5. The molecule has 0 saturated carbocycles. The first-order chi connectivity index (χ1) is 20.2. The molecule has 2 aliphatic rings. The summed E-state index contributed by atoms with van der Waals surface area (Å²) in [7, 11) is 1.23. The summed E-state index contributed by atoms with van der Waals surface area (Å²) in [5.41, 5.74) is 7.63. The molecule has 1 saturated heterocycles. The fourth-order valence-electron chi connectivity index (χ4n) is 3.63. The highest BCUT2D eigenvalue weighted by atomic mass is 32.2. The van der Waals surface area contributed by atoms with Gasteiger partial charge in [0.1, 0.15) is 29.4 Å². The van der Waals surface area contributed by atoms with E-state index in [1.165, 1.54) is 30.3 Å². The van der Waals surface area contributed by atoms with Gasteiger partial charge < -0.3 is 26.1 Å². The Balaban J connectivity index is 1.49. The summed E-state index contributed by atoms with van der Waals surface area (Å²) in [5.74, 6) is -3.76. The van der Waals surface area contributed by atoms with Crippen molar-refractivity contribution in [2.75, 3.05) is 31.0 Å². The molecule has 6 N–H and O–H groups in total. The van der Waals surface area contributed by atoms with Crippen molar-refractivity contribution >= 4 is 75.7 Å². The summed E-state index contributed by atoms with van der Waals surface area (Å²) < 4.78 is 1.08. The van der Waals surface area contributed by atoms with Gasteiger partial charge in [-0.25, -0.2) is 14.6 Å². The van der Waals surface area contributed by atoms with Crippen molar-refractivity contribution in [1.82, 2.24) is 40.9 Å². The summed E-state index contributed by atoms with van der Waals surface area (Å²) in [5, 5.41) is 37.9. The molecule has 0 spiro atoms. The highest BCUT2D eigenvalue weighted by Crippen LogP contribution is 2.41. The Labute approximate surface area is 248 Å². The molecule has 1 fully saturated rings. The number of carboxylic acid groups (broad SMARTS) is 2. The van der Waals surface area contributed by atoms with Gasteiger partial charge in [0.2, 0.25) is 5.16 Å². The van der Waals surface area contributed by atoms with Crippen molar-refractivity contribution in [2.24, 2.45) is 5.16 Å². The number of aliphatic carboxylic acids is 2. The van der Waals surface area contributed by atoms with E-state index >= 15 is 0 Å². The average Bonchev–Trinajstić information content (AvgIpc) is 3.60. The monoisotopic (exact) mass is 638 g/mol. The molecule has 0 bridgehead atoms. The van der Waals surface area contributed by atoms with Crippen molar-refractivity contribution in [3.63, 3.8) is 0 Å². The number of nitrogen functional groups attached to an aromatic ring is 1. The number of carbonyl (C=O) groups is 4. The molecule has 4 heterocycles. The summed E-state index contributed by atoms with van der Waals surface area (Å²) >= 11 is 3.37. The third-order valence-electron chi connectivity index (χ3n) is 5.40. The van der Waals surface area contributed by atoms with Gasteiger partial charge in [-0.3, -0.25) is 24.8 Å². The molecular formula is C21H22N10O8S3. The van der Waals surface area contributed by atoms with Crippen LogP contribution in [0.15, 0.2) is 45.3 Å². The van der Waals surface area contributed by atoms with Gasteiger partial charge in [0, 0.05) is 16.9 Å². The molecule has 0 aromatic carbocycles. The fourth-order valence-corrected chi connectivity index (χ4v) is 6.51. The minimum absolute atomic E-state index is 0.0198. The van der Waals surface area contributed by atoms with Crippen LogP contribution >= 0.6 is 34.9 Å². The number of anilines is 1. The number of nitrogens with one attached hydrogen (secondary N) is 2. The van der Waals surface area contributed by atoms with E-state index < -0.39 is 35.2 Å². The number of nitrogens with zero attached hydrogens (tertiary/aromatic N) is 7. The van der Waals surface area contributed by atoms with E-state index in [1.807, 2.05) is 0 Å². The first kappa shape index (κ1) is 30.5. The highest BCUT2D eigenvalue weighted by Gasteiger charge is 2.54. The van der Waals surface area contributed by atoms with Gasteiger partial charge in [-0.15, -0.1) is 28.2 Å². The molecule has 21 heteroatoms. The second-order valence-electron chi connectivity index (χ2n) is 8.06. The Bertz CT molecular complexity index is 1500. The normalized spacial score (nSPS) is 18.7. The number of thiazole rings is 1. The predicted octanol–water partition coefficient (Wildman–Crippen LogP) is -0.817. The lowest BCUT2D eigenvalue weighted by atomic mass is 10.0. The zero-order chi connectivity index (χ0) is 30.4. The van der Waals surface area contributed by atoms with Crippen LogP contribution in [-0.4, -0.2) is 106 Å². The van der Waals surface area contributed by atoms with Crippen molar-refractivity contribution in [3.8, 4) is 0 Å². The number of nitrogens with two attached hydrogens (primary N) is 1. The minimum atomic E-state index is -1.33. The van der Waals surface area contributed by atoms with Crippen LogP contribution in [0.4, 0.5) is 5.13 Å². The second-order valence-corrected chi connectivity index (χ2v) is 11.0. The van der Waals surface area contributed by atoms with E-state index in [-0.39, 0.29) is 51.2 Å². The topological polar surface area (TPSA) is 249 Å². The Morgan fingerprint density at radius 3 is 2.81 bits per heavy atom. The maximum absolute atomic E-state index is 13.1. The number of hydrogen-bond donors (Lipinski definition) is 5. The smallest absolute Gasteiger partial charge is 0.355 e. The maximum atomic E-state index is 13.1. The summed E-state index contributed by atoms with van der Waals surface area (Å²) in [6.07, 6.45) is 2.51. The molecule has 42 heavy (non-hydrogen) atoms. The molecule has 18 nitrogen and oxygen atoms in total. The van der Waals surface area contributed by atoms with E-state index in [0.717, 1.165) is 38.9 Å². The number of aromatic nitrogens is 5. The number of amides is 2. The third kappa shape index (κ3) is 6.53. The third-order valence-corrected chi connectivity index (χ3v) is 8.43. The van der Waals surface area contributed by atoms with Gasteiger partial charge in [-0.2, -0.15) is 4.68 Å². The number of fused-ring (bicyclic) bond motifs is 1. The maximum Gasteiger partial charge on any atom is 0.355 e. The van der Waals surface area contributed by atoms with Crippen LogP contribution in [0.5, 0.6) is 0 Å². The van der Waals surface area contributed by atoms with Crippen molar-refractivity contribution in [1.29, 1.82) is 0 Å². The van der Waals surface area contributed by atoms with Crippen LogP contribution in [0.3, 0.4) is 0 Å². The molecule has 2 aromatic rings. The number of carbonyl (C=O) groups excluding carboxylic acids is 2. The number of thioether (sulfide) groups is 2. The second kappa shape index (κ2) is 13.5. The van der Waals surface area contributed by atoms with Crippen molar-refractivity contribution in [2.45, 2.75) is 16.6 Å². The molecule has 0 aliphatic carbocycles. The Kier molecular flexibility index (Phi) is 9.77. The molecule has 0 radical (unpaired) electrons. The SMILES string of the molecule is C=CCON=C(C(=O)NC1C(=O)N2C(C(=O)O)=C(CSc3nnnn3C=C(NOC)C(=O)O)CS[C@@H]12)c1csc(N)n1. The number of hydroxylamine groups is 1. The van der Waals surface area contributed by atoms with E-state index in [1.54, 1.807) is 0 Å². The zero-order valence-corrected chi connectivity index (χ0v) is 23.9. The van der Waals surface area contributed by atoms with Crippen LogP contribution in [-0.2, 0) is 28.9 Å². The molecule has 222 valence electrons. The molecule has 2 aliphatic heterocycles. The Morgan fingerprint density at radius 2 is 2.17 bits per heavy atom. The quantitative estimate of drug-likeness (QED) is 0.0322. The van der Waals surface area contributed by atoms with Gasteiger partial charge >= 0.3 is 11.9 Å². The van der Waals surface area contributed by atoms with Gasteiger partial charge in [0.15, 0.2) is 16.5 Å². The van der Waals surface area contributed by atoms with Crippen LogP contribution in [0.1, 0.15) is 5.69 Å². The largest absolute Gasteiger partial charge is 0.477 e. The number of rotatable bonds is 14. The Hall–Kier alpha value is -4.47. The lowest BCUT2D eigenvalue weighted by Gasteiger charge is -2.49. The van der Waals surface area contributed by atoms with Gasteiger partial charge in [0.25, 0.3) is 11.8 Å². The van der Waals surface area contributed by atoms with Crippen LogP contribution in [0.2, 0.25) is 0 Å². The molecule has 2 amide bonds. The molecule has 4 rings (SSSR count). The van der Waals surface area contributed by atoms with Crippen LogP contribution in [0, 0.1) is 0 Å². The lowest BCUT2D eigenvalue weighted by molar-refractivity contribution is -0.150. The Morgan fingerprint density at radius 1 is 1.38 bits per heavy atom. The summed E-state index contributed by atoms with van der Waals surface area (Å²) in [4.78, 5) is 64.6. The minimum Gasteiger partial charge on any atom is -0.477 e. The van der Waals surface area contributed by atoms with Crippen molar-refractivity contribution in [3.05, 3.63) is 40.7 Å². The lowest BCUT2D eigenvalue weighted by Crippen LogP contribution is -2.71. The van der Waals surface area contributed by atoms with Gasteiger partial charge in [-0.1, -0.05) is 29.6 Å². The number of oxime groups is 1. The number of β-lactam (4-membered cyclic amide) rings is 1. The highest BCUT2D eigenvalue weighted by molar-refractivity contribution is 8.01. The molecule has 1 unspecified atom stereocenters. The summed E-state index contributed by atoms with van der Waals surface area (Å²) in [6, 6.07) is -1.04. The van der Waals surface area contributed by atoms with E-state index in [4.69, 9.17) is 10.6 Å². The number of tetrazole rings is 1.